The molecule has 0 aliphatic heterocycles. The van der Waals surface area contributed by atoms with E-state index in [4.69, 9.17) is 5.73 Å². The first kappa shape index (κ1) is 14.8. The predicted molar refractivity (Wildman–Crippen MR) is 78.8 cm³/mol. The van der Waals surface area contributed by atoms with Crippen LogP contribution in [-0.4, -0.2) is 39.5 Å². The molecular weight excluding hydrogens is 282 g/mol. The van der Waals surface area contributed by atoms with Crippen LogP contribution >= 0.6 is 11.3 Å². The van der Waals surface area contributed by atoms with E-state index >= 15 is 0 Å². The highest BCUT2D eigenvalue weighted by molar-refractivity contribution is 7.91. The van der Waals surface area contributed by atoms with E-state index in [2.05, 4.69) is 16.7 Å². The van der Waals surface area contributed by atoms with Crippen LogP contribution in [-0.2, 0) is 10.0 Å². The molecular formula is C12H21N3O2S2. The topological polar surface area (TPSA) is 75.4 Å². The molecule has 0 spiro atoms. The van der Waals surface area contributed by atoms with Crippen molar-refractivity contribution in [2.75, 3.05) is 25.9 Å². The van der Waals surface area contributed by atoms with Gasteiger partial charge in [0.1, 0.15) is 4.21 Å². The fourth-order valence-electron chi connectivity index (χ4n) is 2.43. The van der Waals surface area contributed by atoms with Gasteiger partial charge in [0.15, 0.2) is 0 Å². The molecule has 0 bridgehead atoms. The maximum atomic E-state index is 12.0. The van der Waals surface area contributed by atoms with Gasteiger partial charge in [-0.3, -0.25) is 0 Å². The van der Waals surface area contributed by atoms with Gasteiger partial charge in [-0.1, -0.05) is 12.8 Å². The smallest absolute Gasteiger partial charge is 0.250 e. The first-order chi connectivity index (χ1) is 8.99. The second-order valence-corrected chi connectivity index (χ2v) is 7.92. The quantitative estimate of drug-likeness (QED) is 0.835. The summed E-state index contributed by atoms with van der Waals surface area (Å²) in [4.78, 5) is 2.25. The number of rotatable bonds is 6. The third-order valence-corrected chi connectivity index (χ3v) is 6.48. The summed E-state index contributed by atoms with van der Waals surface area (Å²) >= 11 is 1.15. The summed E-state index contributed by atoms with van der Waals surface area (Å²) < 4.78 is 26.9. The van der Waals surface area contributed by atoms with Gasteiger partial charge in [0.25, 0.3) is 0 Å². The molecule has 2 rings (SSSR count). The van der Waals surface area contributed by atoms with Crippen molar-refractivity contribution in [3.05, 3.63) is 11.4 Å². The van der Waals surface area contributed by atoms with Crippen molar-refractivity contribution < 1.29 is 8.42 Å². The highest BCUT2D eigenvalue weighted by atomic mass is 32.2. The van der Waals surface area contributed by atoms with Crippen LogP contribution in [0.1, 0.15) is 25.7 Å². The number of likely N-dealkylation sites (N-methyl/N-ethyl adjacent to an activating group) is 1. The van der Waals surface area contributed by atoms with Crippen molar-refractivity contribution >= 4 is 27.0 Å². The van der Waals surface area contributed by atoms with Crippen molar-refractivity contribution in [3.63, 3.8) is 0 Å². The Labute approximate surface area is 118 Å². The average molecular weight is 303 g/mol. The number of anilines is 1. The molecule has 1 aromatic rings. The molecule has 0 aromatic carbocycles. The lowest BCUT2D eigenvalue weighted by Gasteiger charge is -2.23. The fraction of sp³-hybridized carbons (Fsp3) is 0.667. The first-order valence-electron chi connectivity index (χ1n) is 6.53. The molecule has 1 saturated carbocycles. The number of sulfonamides is 1. The second kappa shape index (κ2) is 6.21. The first-order valence-corrected chi connectivity index (χ1v) is 8.89. The molecule has 108 valence electrons. The Hall–Kier alpha value is -0.630. The van der Waals surface area contributed by atoms with Crippen LogP contribution in [0.5, 0.6) is 0 Å². The van der Waals surface area contributed by atoms with Gasteiger partial charge in [-0.05, 0) is 26.0 Å². The van der Waals surface area contributed by atoms with Gasteiger partial charge in [0, 0.05) is 30.2 Å². The van der Waals surface area contributed by atoms with Gasteiger partial charge in [0.2, 0.25) is 10.0 Å². The van der Waals surface area contributed by atoms with Gasteiger partial charge in [0.05, 0.1) is 0 Å². The molecule has 0 radical (unpaired) electrons. The van der Waals surface area contributed by atoms with E-state index in [9.17, 15) is 8.42 Å². The lowest BCUT2D eigenvalue weighted by atomic mass is 10.2. The Morgan fingerprint density at radius 1 is 1.47 bits per heavy atom. The molecule has 0 amide bonds. The highest BCUT2D eigenvalue weighted by Crippen LogP contribution is 2.22. The van der Waals surface area contributed by atoms with Gasteiger partial charge < -0.3 is 10.6 Å². The van der Waals surface area contributed by atoms with E-state index in [1.807, 2.05) is 0 Å². The Bertz CT molecular complexity index is 507. The summed E-state index contributed by atoms with van der Waals surface area (Å²) in [6.07, 6.45) is 5.03. The van der Waals surface area contributed by atoms with Crippen molar-refractivity contribution in [3.8, 4) is 0 Å². The maximum absolute atomic E-state index is 12.0. The molecule has 7 heteroatoms. The summed E-state index contributed by atoms with van der Waals surface area (Å²) in [7, 11) is -1.33. The van der Waals surface area contributed by atoms with E-state index in [0.717, 1.165) is 17.9 Å². The van der Waals surface area contributed by atoms with E-state index in [0.29, 0.717) is 18.3 Å². The number of thiophene rings is 1. The number of nitrogens with one attached hydrogen (secondary N) is 1. The molecule has 1 heterocycles. The summed E-state index contributed by atoms with van der Waals surface area (Å²) in [5.41, 5.74) is 6.04. The molecule has 5 nitrogen and oxygen atoms in total. The van der Waals surface area contributed by atoms with Crippen LogP contribution in [0.4, 0.5) is 5.69 Å². The maximum Gasteiger partial charge on any atom is 0.250 e. The number of hydrogen-bond acceptors (Lipinski definition) is 5. The minimum atomic E-state index is -3.40. The molecule has 3 N–H and O–H groups in total. The molecule has 0 atom stereocenters. The molecule has 19 heavy (non-hydrogen) atoms. The fourth-order valence-corrected chi connectivity index (χ4v) is 4.57. The zero-order valence-electron chi connectivity index (χ0n) is 11.1. The standard InChI is InChI=1S/C12H21N3O2S2/c1-15(11-4-2-3-5-11)7-6-14-19(16,17)12-8-10(13)9-18-12/h8-9,11,14H,2-7,13H2,1H3. The summed E-state index contributed by atoms with van der Waals surface area (Å²) in [6.45, 7) is 1.18. The Morgan fingerprint density at radius 3 is 2.74 bits per heavy atom. The number of hydrogen-bond donors (Lipinski definition) is 2. The van der Waals surface area contributed by atoms with Crippen LogP contribution in [0.25, 0.3) is 0 Å². The Morgan fingerprint density at radius 2 is 2.16 bits per heavy atom. The third kappa shape index (κ3) is 3.92. The number of nitrogens with zero attached hydrogens (tertiary/aromatic N) is 1. The van der Waals surface area contributed by atoms with Crippen LogP contribution in [0.3, 0.4) is 0 Å². The summed E-state index contributed by atoms with van der Waals surface area (Å²) in [5.74, 6) is 0. The van der Waals surface area contributed by atoms with E-state index in [1.165, 1.54) is 31.7 Å². The van der Waals surface area contributed by atoms with E-state index in [1.54, 1.807) is 5.38 Å². The van der Waals surface area contributed by atoms with Crippen LogP contribution in [0.2, 0.25) is 0 Å². The number of nitrogen functional groups attached to an aromatic ring is 1. The van der Waals surface area contributed by atoms with Gasteiger partial charge >= 0.3 is 0 Å². The Balaban J connectivity index is 1.81. The summed E-state index contributed by atoms with van der Waals surface area (Å²) in [6, 6.07) is 2.11. The van der Waals surface area contributed by atoms with E-state index in [-0.39, 0.29) is 4.21 Å². The molecule has 0 saturated heterocycles. The average Bonchev–Trinajstić information content (AvgIpc) is 2.99. The molecule has 1 aromatic heterocycles. The molecule has 1 fully saturated rings. The van der Waals surface area contributed by atoms with Crippen molar-refractivity contribution in [2.45, 2.75) is 35.9 Å². The lowest BCUT2D eigenvalue weighted by Crippen LogP contribution is -2.37. The molecule has 0 unspecified atom stereocenters. The largest absolute Gasteiger partial charge is 0.398 e. The monoisotopic (exact) mass is 303 g/mol. The highest BCUT2D eigenvalue weighted by Gasteiger charge is 2.20. The SMILES string of the molecule is CN(CCNS(=O)(=O)c1cc(N)cs1)C1CCCC1. The normalized spacial score (nSPS) is 17.4. The minimum Gasteiger partial charge on any atom is -0.398 e. The van der Waals surface area contributed by atoms with Gasteiger partial charge in [-0.2, -0.15) is 0 Å². The molecule has 1 aliphatic carbocycles. The third-order valence-electron chi connectivity index (χ3n) is 3.57. The zero-order chi connectivity index (χ0) is 13.9. The van der Waals surface area contributed by atoms with Gasteiger partial charge in [-0.15, -0.1) is 11.3 Å². The Kier molecular flexibility index (Phi) is 4.83. The second-order valence-electron chi connectivity index (χ2n) is 5.02. The predicted octanol–water partition coefficient (Wildman–Crippen LogP) is 1.48. The van der Waals surface area contributed by atoms with Crippen molar-refractivity contribution in [1.82, 2.24) is 9.62 Å². The van der Waals surface area contributed by atoms with Gasteiger partial charge in [-0.25, -0.2) is 13.1 Å². The number of nitrogens with two attached hydrogens (primary N) is 1. The van der Waals surface area contributed by atoms with Crippen LogP contribution in [0.15, 0.2) is 15.7 Å². The van der Waals surface area contributed by atoms with Crippen molar-refractivity contribution in [2.24, 2.45) is 0 Å². The minimum absolute atomic E-state index is 0.286. The lowest BCUT2D eigenvalue weighted by molar-refractivity contribution is 0.250. The zero-order valence-corrected chi connectivity index (χ0v) is 12.8. The van der Waals surface area contributed by atoms with Crippen molar-refractivity contribution in [1.29, 1.82) is 0 Å². The van der Waals surface area contributed by atoms with Crippen LogP contribution in [0, 0.1) is 0 Å². The summed E-state index contributed by atoms with van der Waals surface area (Å²) in [5, 5.41) is 1.64. The van der Waals surface area contributed by atoms with Crippen LogP contribution < -0.4 is 10.5 Å². The molecule has 1 aliphatic rings. The van der Waals surface area contributed by atoms with E-state index < -0.39 is 10.0 Å².